The van der Waals surface area contributed by atoms with Crippen LogP contribution in [0.1, 0.15) is 36.6 Å². The normalized spacial score (nSPS) is 16.6. The van der Waals surface area contributed by atoms with Gasteiger partial charge >= 0.3 is 5.97 Å². The number of aryl methyl sites for hydroxylation is 2. The molecule has 1 aliphatic heterocycles. The number of ether oxygens (including phenoxy) is 2. The fourth-order valence-electron chi connectivity index (χ4n) is 4.13. The molecule has 1 aromatic heterocycles. The van der Waals surface area contributed by atoms with Crippen LogP contribution in [0.25, 0.3) is 0 Å². The van der Waals surface area contributed by atoms with Crippen molar-refractivity contribution in [3.05, 3.63) is 46.2 Å². The average molecular weight is 420 g/mol. The summed E-state index contributed by atoms with van der Waals surface area (Å²) >= 11 is 6.40. The van der Waals surface area contributed by atoms with Gasteiger partial charge in [-0.1, -0.05) is 23.7 Å². The Labute approximate surface area is 177 Å². The first kappa shape index (κ1) is 21.7. The van der Waals surface area contributed by atoms with Gasteiger partial charge in [0.25, 0.3) is 0 Å². The predicted octanol–water partition coefficient (Wildman–Crippen LogP) is 3.78. The van der Waals surface area contributed by atoms with Crippen LogP contribution >= 0.6 is 11.6 Å². The second-order valence-electron chi connectivity index (χ2n) is 7.78. The number of nitrogens with zero attached hydrogens (tertiary/aromatic N) is 3. The lowest BCUT2D eigenvalue weighted by Gasteiger charge is -2.40. The third-order valence-corrected chi connectivity index (χ3v) is 6.32. The highest BCUT2D eigenvalue weighted by Gasteiger charge is 2.43. The highest BCUT2D eigenvalue weighted by atomic mass is 35.5. The van der Waals surface area contributed by atoms with Crippen LogP contribution in [-0.4, -0.2) is 47.5 Å². The molecule has 0 saturated carbocycles. The van der Waals surface area contributed by atoms with Gasteiger partial charge in [0.05, 0.1) is 24.8 Å². The molecular formula is C22H30ClN3O3. The molecule has 7 heteroatoms. The van der Waals surface area contributed by atoms with Gasteiger partial charge in [-0.15, -0.1) is 0 Å². The summed E-state index contributed by atoms with van der Waals surface area (Å²) in [5, 5.41) is 5.08. The largest absolute Gasteiger partial charge is 0.497 e. The van der Waals surface area contributed by atoms with Gasteiger partial charge in [-0.3, -0.25) is 14.4 Å². The van der Waals surface area contributed by atoms with Crippen molar-refractivity contribution < 1.29 is 14.3 Å². The van der Waals surface area contributed by atoms with Crippen LogP contribution in [0.3, 0.4) is 0 Å². The molecular weight excluding hydrogens is 390 g/mol. The Balaban J connectivity index is 1.74. The van der Waals surface area contributed by atoms with E-state index in [9.17, 15) is 4.79 Å². The van der Waals surface area contributed by atoms with Crippen molar-refractivity contribution in [1.29, 1.82) is 0 Å². The number of halogens is 1. The fourth-order valence-corrected chi connectivity index (χ4v) is 4.36. The molecule has 0 amide bonds. The number of carbonyl (C=O) groups excluding carboxylic acids is 1. The maximum atomic E-state index is 12.9. The minimum atomic E-state index is -0.507. The number of benzene rings is 1. The fraction of sp³-hybridized carbons (Fsp3) is 0.545. The number of carbonyl (C=O) groups is 1. The number of aromatic nitrogens is 2. The quantitative estimate of drug-likeness (QED) is 0.639. The number of hydrogen-bond donors (Lipinski definition) is 0. The number of rotatable bonds is 7. The SMILES string of the molecule is CCOC(=O)C1(Cc2cccc(OC)c2)CCN(Cc2c(C)nn(C)c2Cl)CC1. The van der Waals surface area contributed by atoms with Crippen molar-refractivity contribution in [2.24, 2.45) is 12.5 Å². The highest BCUT2D eigenvalue weighted by Crippen LogP contribution is 2.38. The van der Waals surface area contributed by atoms with Crippen molar-refractivity contribution in [2.75, 3.05) is 26.8 Å². The number of likely N-dealkylation sites (tertiary alicyclic amines) is 1. The van der Waals surface area contributed by atoms with E-state index >= 15 is 0 Å². The van der Waals surface area contributed by atoms with E-state index in [2.05, 4.69) is 16.1 Å². The van der Waals surface area contributed by atoms with Crippen LogP contribution in [0, 0.1) is 12.3 Å². The molecule has 1 aromatic carbocycles. The van der Waals surface area contributed by atoms with Crippen LogP contribution in [0.15, 0.2) is 24.3 Å². The number of hydrogen-bond acceptors (Lipinski definition) is 5. The monoisotopic (exact) mass is 419 g/mol. The average Bonchev–Trinajstić information content (AvgIpc) is 2.95. The minimum absolute atomic E-state index is 0.0990. The van der Waals surface area contributed by atoms with Gasteiger partial charge in [-0.25, -0.2) is 0 Å². The lowest BCUT2D eigenvalue weighted by atomic mass is 9.73. The third-order valence-electron chi connectivity index (χ3n) is 5.85. The number of piperidine rings is 1. The van der Waals surface area contributed by atoms with E-state index in [0.717, 1.165) is 55.0 Å². The summed E-state index contributed by atoms with van der Waals surface area (Å²) in [5.41, 5.74) is 2.60. The zero-order valence-electron chi connectivity index (χ0n) is 17.7. The molecule has 29 heavy (non-hydrogen) atoms. The maximum Gasteiger partial charge on any atom is 0.312 e. The molecule has 0 atom stereocenters. The Bertz CT molecular complexity index is 857. The zero-order valence-corrected chi connectivity index (χ0v) is 18.5. The Hall–Kier alpha value is -2.05. The summed E-state index contributed by atoms with van der Waals surface area (Å²) in [5.74, 6) is 0.707. The topological polar surface area (TPSA) is 56.6 Å². The number of esters is 1. The molecule has 1 fully saturated rings. The standard InChI is InChI=1S/C22H30ClN3O3/c1-5-29-21(27)22(14-17-7-6-8-18(13-17)28-4)9-11-26(12-10-22)15-19-16(2)24-25(3)20(19)23/h6-8,13H,5,9-12,14-15H2,1-4H3. The predicted molar refractivity (Wildman–Crippen MR) is 113 cm³/mol. The van der Waals surface area contributed by atoms with Crippen LogP contribution in [0.2, 0.25) is 5.15 Å². The summed E-state index contributed by atoms with van der Waals surface area (Å²) < 4.78 is 12.5. The van der Waals surface area contributed by atoms with Crippen LogP contribution in [0.5, 0.6) is 5.75 Å². The molecule has 0 bridgehead atoms. The lowest BCUT2D eigenvalue weighted by molar-refractivity contribution is -0.158. The first-order chi connectivity index (χ1) is 13.9. The molecule has 0 N–H and O–H groups in total. The molecule has 1 saturated heterocycles. The van der Waals surface area contributed by atoms with Crippen LogP contribution < -0.4 is 4.74 Å². The second-order valence-corrected chi connectivity index (χ2v) is 8.14. The Morgan fingerprint density at radius 1 is 1.31 bits per heavy atom. The molecule has 158 valence electrons. The minimum Gasteiger partial charge on any atom is -0.497 e. The third kappa shape index (κ3) is 4.75. The van der Waals surface area contributed by atoms with Crippen molar-refractivity contribution in [2.45, 2.75) is 39.7 Å². The summed E-state index contributed by atoms with van der Waals surface area (Å²) in [6.07, 6.45) is 2.16. The van der Waals surface area contributed by atoms with Gasteiger partial charge in [0.2, 0.25) is 0 Å². The van der Waals surface area contributed by atoms with Gasteiger partial charge in [0, 0.05) is 19.2 Å². The summed E-state index contributed by atoms with van der Waals surface area (Å²) in [4.78, 5) is 15.3. The molecule has 6 nitrogen and oxygen atoms in total. The van der Waals surface area contributed by atoms with Crippen molar-refractivity contribution in [1.82, 2.24) is 14.7 Å². The van der Waals surface area contributed by atoms with E-state index < -0.39 is 5.41 Å². The molecule has 0 unspecified atom stereocenters. The molecule has 0 spiro atoms. The smallest absolute Gasteiger partial charge is 0.312 e. The molecule has 1 aliphatic rings. The maximum absolute atomic E-state index is 12.9. The molecule has 0 aliphatic carbocycles. The lowest BCUT2D eigenvalue weighted by Crippen LogP contribution is -2.46. The van der Waals surface area contributed by atoms with E-state index in [1.54, 1.807) is 11.8 Å². The highest BCUT2D eigenvalue weighted by molar-refractivity contribution is 6.30. The van der Waals surface area contributed by atoms with E-state index in [1.807, 2.05) is 39.1 Å². The molecule has 2 aromatic rings. The number of methoxy groups -OCH3 is 1. The van der Waals surface area contributed by atoms with E-state index in [4.69, 9.17) is 21.1 Å². The Morgan fingerprint density at radius 3 is 2.62 bits per heavy atom. The van der Waals surface area contributed by atoms with Crippen molar-refractivity contribution >= 4 is 17.6 Å². The second kappa shape index (κ2) is 9.18. The van der Waals surface area contributed by atoms with Crippen LogP contribution in [0.4, 0.5) is 0 Å². The van der Waals surface area contributed by atoms with Gasteiger partial charge in [-0.2, -0.15) is 5.10 Å². The van der Waals surface area contributed by atoms with Crippen LogP contribution in [-0.2, 0) is 29.5 Å². The first-order valence-electron chi connectivity index (χ1n) is 10.1. The van der Waals surface area contributed by atoms with Gasteiger partial charge in [0.1, 0.15) is 10.9 Å². The Kier molecular flexibility index (Phi) is 6.85. The molecule has 0 radical (unpaired) electrons. The summed E-state index contributed by atoms with van der Waals surface area (Å²) in [6, 6.07) is 7.94. The van der Waals surface area contributed by atoms with Gasteiger partial charge in [0.15, 0.2) is 0 Å². The van der Waals surface area contributed by atoms with Crippen molar-refractivity contribution in [3.63, 3.8) is 0 Å². The summed E-state index contributed by atoms with van der Waals surface area (Å²) in [6.45, 7) is 6.61. The van der Waals surface area contributed by atoms with E-state index in [-0.39, 0.29) is 5.97 Å². The van der Waals surface area contributed by atoms with Gasteiger partial charge < -0.3 is 9.47 Å². The van der Waals surface area contributed by atoms with E-state index in [1.165, 1.54) is 0 Å². The molecule has 3 rings (SSSR count). The van der Waals surface area contributed by atoms with Gasteiger partial charge in [-0.05, 0) is 63.9 Å². The zero-order chi connectivity index (χ0) is 21.0. The molecule has 2 heterocycles. The van der Waals surface area contributed by atoms with E-state index in [0.29, 0.717) is 18.2 Å². The first-order valence-corrected chi connectivity index (χ1v) is 10.5. The van der Waals surface area contributed by atoms with Crippen molar-refractivity contribution in [3.8, 4) is 5.75 Å². The Morgan fingerprint density at radius 2 is 2.03 bits per heavy atom. The summed E-state index contributed by atoms with van der Waals surface area (Å²) in [7, 11) is 3.51.